The molecule has 1 saturated heterocycles. The summed E-state index contributed by atoms with van der Waals surface area (Å²) in [6.45, 7) is 5.72. The van der Waals surface area contributed by atoms with Crippen LogP contribution in [0.25, 0.3) is 0 Å². The van der Waals surface area contributed by atoms with Crippen LogP contribution in [-0.4, -0.2) is 86.6 Å². The van der Waals surface area contributed by atoms with Gasteiger partial charge < -0.3 is 29.5 Å². The second kappa shape index (κ2) is 10.3. The molecule has 0 saturated carbocycles. The van der Waals surface area contributed by atoms with Gasteiger partial charge in [0.25, 0.3) is 0 Å². The van der Waals surface area contributed by atoms with Gasteiger partial charge in [-0.2, -0.15) is 0 Å². The maximum absolute atomic E-state index is 12.8. The van der Waals surface area contributed by atoms with E-state index in [1.807, 2.05) is 30.3 Å². The first-order valence-corrected chi connectivity index (χ1v) is 11.1. The summed E-state index contributed by atoms with van der Waals surface area (Å²) in [6.07, 6.45) is -3.98. The number of carbonyl (C=O) groups excluding carboxylic acids is 1. The van der Waals surface area contributed by atoms with Crippen LogP contribution in [0.4, 0.5) is 4.79 Å². The molecule has 0 spiro atoms. The summed E-state index contributed by atoms with van der Waals surface area (Å²) in [5.41, 5.74) is -0.309. The molecule has 0 aliphatic carbocycles. The predicted molar refractivity (Wildman–Crippen MR) is 116 cm³/mol. The lowest BCUT2D eigenvalue weighted by molar-refractivity contribution is -0.164. The van der Waals surface area contributed by atoms with Gasteiger partial charge in [0.15, 0.2) is 5.17 Å². The summed E-state index contributed by atoms with van der Waals surface area (Å²) >= 11 is 1.15. The smallest absolute Gasteiger partial charge is 0.416 e. The maximum atomic E-state index is 12.8. The van der Waals surface area contributed by atoms with Crippen molar-refractivity contribution in [1.82, 2.24) is 4.90 Å². The second-order valence-electron chi connectivity index (χ2n) is 8.40. The van der Waals surface area contributed by atoms with Crippen LogP contribution in [0.3, 0.4) is 0 Å². The van der Waals surface area contributed by atoms with Gasteiger partial charge in [0.1, 0.15) is 35.4 Å². The quantitative estimate of drug-likeness (QED) is 0.551. The van der Waals surface area contributed by atoms with E-state index in [9.17, 15) is 20.1 Å². The van der Waals surface area contributed by atoms with E-state index in [0.29, 0.717) is 11.8 Å². The number of carbonyl (C=O) groups is 1. The molecule has 2 aliphatic heterocycles. The fourth-order valence-corrected chi connectivity index (χ4v) is 4.44. The fraction of sp³-hybridized carbons (Fsp3) is 0.619. The summed E-state index contributed by atoms with van der Waals surface area (Å²) in [5, 5.41) is 30.2. The molecule has 0 bridgehead atoms. The average molecular weight is 455 g/mol. The molecule has 1 fully saturated rings. The van der Waals surface area contributed by atoms with Gasteiger partial charge in [-0.1, -0.05) is 42.1 Å². The van der Waals surface area contributed by atoms with Crippen molar-refractivity contribution < 1.29 is 34.3 Å². The third-order valence-electron chi connectivity index (χ3n) is 4.75. The Labute approximate surface area is 186 Å². The van der Waals surface area contributed by atoms with Crippen LogP contribution >= 0.6 is 11.8 Å². The van der Waals surface area contributed by atoms with Crippen LogP contribution in [0.15, 0.2) is 35.3 Å². The molecule has 1 amide bonds. The van der Waals surface area contributed by atoms with Crippen molar-refractivity contribution in [2.45, 2.75) is 62.8 Å². The number of hydrogen-bond acceptors (Lipinski definition) is 9. The Kier molecular flexibility index (Phi) is 7.95. The van der Waals surface area contributed by atoms with E-state index < -0.39 is 48.1 Å². The number of hydrogen-bond donors (Lipinski definition) is 3. The molecular weight excluding hydrogens is 424 g/mol. The predicted octanol–water partition coefficient (Wildman–Crippen LogP) is 1.35. The third-order valence-corrected chi connectivity index (χ3v) is 5.90. The lowest BCUT2D eigenvalue weighted by atomic mass is 9.99. The number of amides is 1. The Morgan fingerprint density at radius 2 is 1.94 bits per heavy atom. The highest BCUT2D eigenvalue weighted by Crippen LogP contribution is 2.37. The Morgan fingerprint density at radius 3 is 2.58 bits per heavy atom. The highest BCUT2D eigenvalue weighted by atomic mass is 32.2. The Bertz CT molecular complexity index is 771. The SMILES string of the molecule is CC(C)(C)OC(=O)N(CCOCc1ccccc1)C1=NC2C(OC(CO)C(O)C2O)S1. The Morgan fingerprint density at radius 1 is 1.23 bits per heavy atom. The van der Waals surface area contributed by atoms with Crippen molar-refractivity contribution >= 4 is 23.0 Å². The van der Waals surface area contributed by atoms with Gasteiger partial charge in [0, 0.05) is 0 Å². The lowest BCUT2D eigenvalue weighted by Crippen LogP contribution is -2.55. The zero-order valence-corrected chi connectivity index (χ0v) is 18.7. The highest BCUT2D eigenvalue weighted by molar-refractivity contribution is 8.14. The van der Waals surface area contributed by atoms with Gasteiger partial charge in [-0.05, 0) is 26.3 Å². The minimum atomic E-state index is -1.26. The summed E-state index contributed by atoms with van der Waals surface area (Å²) in [6, 6.07) is 8.93. The molecule has 5 atom stereocenters. The van der Waals surface area contributed by atoms with Crippen LogP contribution in [0.2, 0.25) is 0 Å². The summed E-state index contributed by atoms with van der Waals surface area (Å²) in [7, 11) is 0. The number of aliphatic hydroxyl groups is 3. The number of aliphatic hydroxyl groups excluding tert-OH is 3. The zero-order chi connectivity index (χ0) is 22.6. The average Bonchev–Trinajstić information content (AvgIpc) is 3.13. The molecule has 1 aromatic rings. The topological polar surface area (TPSA) is 121 Å². The summed E-state index contributed by atoms with van der Waals surface area (Å²) in [5.74, 6) is 0. The molecule has 31 heavy (non-hydrogen) atoms. The normalized spacial score (nSPS) is 28.1. The van der Waals surface area contributed by atoms with Crippen molar-refractivity contribution in [2.75, 3.05) is 19.8 Å². The van der Waals surface area contributed by atoms with Gasteiger partial charge in [0.2, 0.25) is 0 Å². The molecule has 0 radical (unpaired) electrons. The molecule has 5 unspecified atom stereocenters. The molecule has 3 N–H and O–H groups in total. The van der Waals surface area contributed by atoms with E-state index in [2.05, 4.69) is 4.99 Å². The van der Waals surface area contributed by atoms with E-state index in [1.165, 1.54) is 4.90 Å². The van der Waals surface area contributed by atoms with E-state index in [0.717, 1.165) is 17.3 Å². The molecule has 3 rings (SSSR count). The van der Waals surface area contributed by atoms with E-state index in [-0.39, 0.29) is 13.2 Å². The zero-order valence-electron chi connectivity index (χ0n) is 17.9. The number of thioether (sulfide) groups is 1. The highest BCUT2D eigenvalue weighted by Gasteiger charge is 2.49. The fourth-order valence-electron chi connectivity index (χ4n) is 3.20. The number of nitrogens with zero attached hydrogens (tertiary/aromatic N) is 2. The first kappa shape index (κ1) is 24.0. The van der Waals surface area contributed by atoms with Crippen molar-refractivity contribution in [1.29, 1.82) is 0 Å². The van der Waals surface area contributed by atoms with Crippen molar-refractivity contribution in [3.8, 4) is 0 Å². The van der Waals surface area contributed by atoms with Gasteiger partial charge in [-0.3, -0.25) is 9.89 Å². The van der Waals surface area contributed by atoms with Crippen LogP contribution in [0.1, 0.15) is 26.3 Å². The van der Waals surface area contributed by atoms with E-state index in [1.54, 1.807) is 20.8 Å². The first-order valence-electron chi connectivity index (χ1n) is 10.2. The molecule has 2 heterocycles. The standard InChI is InChI=1S/C21H30N2O7S/c1-21(2,3)30-20(27)23(9-10-28-12-13-7-5-4-6-8-13)19-22-15-17(26)16(25)14(11-24)29-18(15)31-19/h4-8,14-18,24-26H,9-12H2,1-3H3. The largest absolute Gasteiger partial charge is 0.443 e. The number of benzene rings is 1. The molecule has 9 nitrogen and oxygen atoms in total. The minimum Gasteiger partial charge on any atom is -0.443 e. The second-order valence-corrected chi connectivity index (χ2v) is 9.46. The number of amidine groups is 1. The number of rotatable bonds is 6. The minimum absolute atomic E-state index is 0.190. The monoisotopic (exact) mass is 454 g/mol. The first-order chi connectivity index (χ1) is 14.7. The van der Waals surface area contributed by atoms with Crippen LogP contribution in [-0.2, 0) is 20.8 Å². The van der Waals surface area contributed by atoms with Gasteiger partial charge in [-0.15, -0.1) is 0 Å². The summed E-state index contributed by atoms with van der Waals surface area (Å²) < 4.78 is 16.9. The van der Waals surface area contributed by atoms with Gasteiger partial charge in [-0.25, -0.2) is 4.79 Å². The molecule has 10 heteroatoms. The molecule has 172 valence electrons. The Balaban J connectivity index is 1.68. The van der Waals surface area contributed by atoms with Crippen LogP contribution < -0.4 is 0 Å². The van der Waals surface area contributed by atoms with Crippen LogP contribution in [0.5, 0.6) is 0 Å². The number of aliphatic imine (C=N–C) groups is 1. The lowest BCUT2D eigenvalue weighted by Gasteiger charge is -2.37. The van der Waals surface area contributed by atoms with E-state index in [4.69, 9.17) is 14.2 Å². The summed E-state index contributed by atoms with van der Waals surface area (Å²) in [4.78, 5) is 18.6. The Hall–Kier alpha value is -1.69. The molecule has 0 aromatic heterocycles. The van der Waals surface area contributed by atoms with E-state index >= 15 is 0 Å². The maximum Gasteiger partial charge on any atom is 0.416 e. The third kappa shape index (κ3) is 6.18. The van der Waals surface area contributed by atoms with Crippen molar-refractivity contribution in [3.63, 3.8) is 0 Å². The van der Waals surface area contributed by atoms with Crippen LogP contribution in [0, 0.1) is 0 Å². The van der Waals surface area contributed by atoms with Crippen molar-refractivity contribution in [3.05, 3.63) is 35.9 Å². The number of ether oxygens (including phenoxy) is 3. The van der Waals surface area contributed by atoms with Crippen molar-refractivity contribution in [2.24, 2.45) is 4.99 Å². The molecule has 2 aliphatic rings. The van der Waals surface area contributed by atoms with Gasteiger partial charge >= 0.3 is 6.09 Å². The molecular formula is C21H30N2O7S. The molecule has 1 aromatic carbocycles. The number of fused-ring (bicyclic) bond motifs is 1. The van der Waals surface area contributed by atoms with Gasteiger partial charge in [0.05, 0.1) is 26.4 Å².